The van der Waals surface area contributed by atoms with E-state index >= 15 is 0 Å². The lowest BCUT2D eigenvalue weighted by atomic mass is 10.0. The van der Waals surface area contributed by atoms with Crippen LogP contribution in [0.25, 0.3) is 0 Å². The van der Waals surface area contributed by atoms with Crippen LogP contribution in [0.4, 0.5) is 22.0 Å². The number of aliphatic hydroxyl groups is 1. The zero-order valence-electron chi connectivity index (χ0n) is 11.3. The van der Waals surface area contributed by atoms with Gasteiger partial charge >= 0.3 is 12.1 Å². The quantitative estimate of drug-likeness (QED) is 0.439. The largest absolute Gasteiger partial charge is 0.453 e. The maximum Gasteiger partial charge on any atom is 0.453 e. The van der Waals surface area contributed by atoms with Gasteiger partial charge < -0.3 is 5.11 Å². The molecule has 0 aliphatic carbocycles. The molecule has 0 aromatic heterocycles. The maximum atomic E-state index is 12.6. The molecular weight excluding hydrogens is 267 g/mol. The molecule has 1 N–H and O–H groups in total. The van der Waals surface area contributed by atoms with Crippen molar-refractivity contribution in [2.75, 3.05) is 0 Å². The van der Waals surface area contributed by atoms with Crippen molar-refractivity contribution < 1.29 is 27.1 Å². The molecule has 1 unspecified atom stereocenters. The van der Waals surface area contributed by atoms with Crippen LogP contribution in [-0.2, 0) is 0 Å². The lowest BCUT2D eigenvalue weighted by molar-refractivity contribution is -0.290. The first-order valence-electron chi connectivity index (χ1n) is 6.83. The van der Waals surface area contributed by atoms with Crippen LogP contribution in [0.1, 0.15) is 64.7 Å². The zero-order valence-corrected chi connectivity index (χ0v) is 11.3. The summed E-state index contributed by atoms with van der Waals surface area (Å²) in [6.45, 7) is 2.09. The third-order valence-electron chi connectivity index (χ3n) is 3.05. The Balaban J connectivity index is 3.68. The molecule has 1 atom stereocenters. The molecule has 6 heteroatoms. The number of alkyl halides is 5. The van der Waals surface area contributed by atoms with Crippen LogP contribution in [-0.4, -0.2) is 23.3 Å². The van der Waals surface area contributed by atoms with Crippen molar-refractivity contribution in [1.82, 2.24) is 0 Å². The van der Waals surface area contributed by atoms with Crippen molar-refractivity contribution >= 4 is 0 Å². The van der Waals surface area contributed by atoms with Gasteiger partial charge in [0.15, 0.2) is 0 Å². The van der Waals surface area contributed by atoms with Crippen LogP contribution in [0.2, 0.25) is 0 Å². The van der Waals surface area contributed by atoms with E-state index in [1.165, 1.54) is 0 Å². The molecule has 0 bridgehead atoms. The molecule has 0 aromatic carbocycles. The fraction of sp³-hybridized carbons (Fsp3) is 1.00. The van der Waals surface area contributed by atoms with E-state index in [9.17, 15) is 27.1 Å². The van der Waals surface area contributed by atoms with Gasteiger partial charge in [0.2, 0.25) is 0 Å². The minimum Gasteiger partial charge on any atom is -0.393 e. The summed E-state index contributed by atoms with van der Waals surface area (Å²) in [5, 5.41) is 9.21. The van der Waals surface area contributed by atoms with E-state index in [4.69, 9.17) is 0 Å². The average Bonchev–Trinajstić information content (AvgIpc) is 2.25. The molecule has 116 valence electrons. The second-order valence-electron chi connectivity index (χ2n) is 4.97. The van der Waals surface area contributed by atoms with Gasteiger partial charge in [-0.1, -0.05) is 51.9 Å². The van der Waals surface area contributed by atoms with Gasteiger partial charge in [-0.25, -0.2) is 0 Å². The van der Waals surface area contributed by atoms with Gasteiger partial charge in [0.25, 0.3) is 0 Å². The first-order valence-corrected chi connectivity index (χ1v) is 6.83. The minimum atomic E-state index is -5.58. The Hall–Kier alpha value is -0.390. The summed E-state index contributed by atoms with van der Waals surface area (Å²) in [7, 11) is 0. The Morgan fingerprint density at radius 3 is 1.79 bits per heavy atom. The highest BCUT2D eigenvalue weighted by Gasteiger charge is 2.57. The first kappa shape index (κ1) is 18.6. The summed E-state index contributed by atoms with van der Waals surface area (Å²) >= 11 is 0. The highest BCUT2D eigenvalue weighted by atomic mass is 19.4. The predicted molar refractivity (Wildman–Crippen MR) is 64.2 cm³/mol. The van der Waals surface area contributed by atoms with Crippen molar-refractivity contribution in [3.63, 3.8) is 0 Å². The Kier molecular flexibility index (Phi) is 8.54. The number of halogens is 5. The monoisotopic (exact) mass is 290 g/mol. The minimum absolute atomic E-state index is 0.000548. The van der Waals surface area contributed by atoms with Crippen molar-refractivity contribution in [1.29, 1.82) is 0 Å². The van der Waals surface area contributed by atoms with Crippen LogP contribution in [0, 0.1) is 0 Å². The van der Waals surface area contributed by atoms with Crippen LogP contribution in [0.5, 0.6) is 0 Å². The summed E-state index contributed by atoms with van der Waals surface area (Å²) in [5.41, 5.74) is 0. The standard InChI is InChI=1S/C13H23F5O/c1-2-3-4-5-6-7-8-9-11(19)10-12(14,15)13(16,17)18/h11,19H,2-10H2,1H3. The molecule has 0 rings (SSSR count). The Morgan fingerprint density at radius 2 is 1.32 bits per heavy atom. The predicted octanol–water partition coefficient (Wildman–Crippen LogP) is 5.08. The summed E-state index contributed by atoms with van der Waals surface area (Å²) in [4.78, 5) is 0. The molecule has 0 radical (unpaired) electrons. The molecule has 0 aliphatic rings. The summed E-state index contributed by atoms with van der Waals surface area (Å²) in [6.07, 6.45) is -2.08. The van der Waals surface area contributed by atoms with Crippen molar-refractivity contribution in [3.8, 4) is 0 Å². The van der Waals surface area contributed by atoms with Gasteiger partial charge in [-0.3, -0.25) is 0 Å². The Bertz CT molecular complexity index is 228. The third-order valence-corrected chi connectivity index (χ3v) is 3.05. The number of rotatable bonds is 10. The maximum absolute atomic E-state index is 12.6. The van der Waals surface area contributed by atoms with Crippen LogP contribution >= 0.6 is 0 Å². The molecule has 0 spiro atoms. The molecular formula is C13H23F5O. The molecule has 0 amide bonds. The number of hydrogen-bond donors (Lipinski definition) is 1. The number of aliphatic hydroxyl groups excluding tert-OH is 1. The molecule has 0 aliphatic heterocycles. The van der Waals surface area contributed by atoms with Gasteiger partial charge in [0.05, 0.1) is 6.10 Å². The lowest BCUT2D eigenvalue weighted by Crippen LogP contribution is -2.39. The third kappa shape index (κ3) is 8.39. The van der Waals surface area contributed by atoms with E-state index in [-0.39, 0.29) is 6.42 Å². The smallest absolute Gasteiger partial charge is 0.393 e. The second-order valence-corrected chi connectivity index (χ2v) is 4.97. The second kappa shape index (κ2) is 8.72. The molecule has 0 aromatic rings. The van der Waals surface area contributed by atoms with E-state index in [0.717, 1.165) is 38.5 Å². The van der Waals surface area contributed by atoms with Crippen molar-refractivity contribution in [3.05, 3.63) is 0 Å². The van der Waals surface area contributed by atoms with Crippen LogP contribution in [0.15, 0.2) is 0 Å². The summed E-state index contributed by atoms with van der Waals surface area (Å²) in [6, 6.07) is 0. The van der Waals surface area contributed by atoms with E-state index in [1.54, 1.807) is 0 Å². The first-order chi connectivity index (χ1) is 8.70. The lowest BCUT2D eigenvalue weighted by Gasteiger charge is -2.22. The molecule has 0 fully saturated rings. The van der Waals surface area contributed by atoms with E-state index in [1.807, 2.05) is 0 Å². The fourth-order valence-electron chi connectivity index (χ4n) is 1.85. The average molecular weight is 290 g/mol. The molecule has 19 heavy (non-hydrogen) atoms. The normalized spacial score (nSPS) is 14.7. The Morgan fingerprint density at radius 1 is 0.842 bits per heavy atom. The van der Waals surface area contributed by atoms with E-state index < -0.39 is 24.6 Å². The molecule has 0 heterocycles. The fourth-order valence-corrected chi connectivity index (χ4v) is 1.85. The highest BCUT2D eigenvalue weighted by molar-refractivity contribution is 4.79. The molecule has 0 saturated heterocycles. The van der Waals surface area contributed by atoms with E-state index in [2.05, 4.69) is 6.92 Å². The van der Waals surface area contributed by atoms with Gasteiger partial charge in [-0.15, -0.1) is 0 Å². The van der Waals surface area contributed by atoms with Crippen molar-refractivity contribution in [2.24, 2.45) is 0 Å². The number of unbranched alkanes of at least 4 members (excludes halogenated alkanes) is 6. The van der Waals surface area contributed by atoms with Crippen molar-refractivity contribution in [2.45, 2.75) is 82.9 Å². The van der Waals surface area contributed by atoms with Gasteiger partial charge in [0, 0.05) is 6.42 Å². The highest BCUT2D eigenvalue weighted by Crippen LogP contribution is 2.39. The summed E-state index contributed by atoms with van der Waals surface area (Å²) in [5.74, 6) is -4.80. The number of hydrogen-bond acceptors (Lipinski definition) is 1. The van der Waals surface area contributed by atoms with Gasteiger partial charge in [-0.2, -0.15) is 22.0 Å². The summed E-state index contributed by atoms with van der Waals surface area (Å²) < 4.78 is 60.9. The topological polar surface area (TPSA) is 20.2 Å². The molecule has 1 nitrogen and oxygen atoms in total. The van der Waals surface area contributed by atoms with Gasteiger partial charge in [-0.05, 0) is 6.42 Å². The van der Waals surface area contributed by atoms with E-state index in [0.29, 0.717) is 6.42 Å². The molecule has 0 saturated carbocycles. The van der Waals surface area contributed by atoms with Crippen LogP contribution in [0.3, 0.4) is 0 Å². The van der Waals surface area contributed by atoms with Crippen LogP contribution < -0.4 is 0 Å². The van der Waals surface area contributed by atoms with Gasteiger partial charge in [0.1, 0.15) is 0 Å². The SMILES string of the molecule is CCCCCCCCCC(O)CC(F)(F)C(F)(F)F. The zero-order chi connectivity index (χ0) is 14.9. The Labute approximate surface area is 111 Å².